The molecule has 0 spiro atoms. The molecule has 3 aromatic rings. The van der Waals surface area contributed by atoms with Crippen LogP contribution in [-0.2, 0) is 4.74 Å². The van der Waals surface area contributed by atoms with Gasteiger partial charge in [-0.25, -0.2) is 4.98 Å². The molecular weight excluding hydrogens is 534 g/mol. The predicted octanol–water partition coefficient (Wildman–Crippen LogP) is 4.08. The van der Waals surface area contributed by atoms with Crippen molar-refractivity contribution < 1.29 is 23.9 Å². The lowest BCUT2D eigenvalue weighted by Gasteiger charge is -2.28. The Morgan fingerprint density at radius 2 is 1.82 bits per heavy atom. The van der Waals surface area contributed by atoms with Crippen LogP contribution in [0.25, 0.3) is 10.2 Å². The van der Waals surface area contributed by atoms with Crippen molar-refractivity contribution in [3.8, 4) is 11.5 Å². The van der Waals surface area contributed by atoms with E-state index in [1.54, 1.807) is 43.4 Å². The average Bonchev–Trinajstić information content (AvgIpc) is 3.35. The molecule has 13 heteroatoms. The molecule has 2 heterocycles. The van der Waals surface area contributed by atoms with Crippen LogP contribution in [0, 0.1) is 10.1 Å². The van der Waals surface area contributed by atoms with Gasteiger partial charge in [-0.1, -0.05) is 11.3 Å². The number of hydrogen-bond acceptors (Lipinski definition) is 10. The molecule has 1 amide bonds. The SMILES string of the molecule is COc1ccc(OC)c2sc(N(CCCN(C)C)C(=O)c3ccc(N4CCOCC4)c([N+](=O)[O-])c3)nc12.Cl. The molecular formula is C25H32ClN5O6S. The zero-order chi connectivity index (χ0) is 26.5. The number of nitro benzene ring substituents is 1. The Morgan fingerprint density at radius 1 is 1.13 bits per heavy atom. The number of rotatable bonds is 10. The van der Waals surface area contributed by atoms with Gasteiger partial charge >= 0.3 is 0 Å². The molecule has 1 aromatic heterocycles. The molecule has 0 radical (unpaired) electrons. The second-order valence-corrected chi connectivity index (χ2v) is 9.80. The topological polar surface area (TPSA) is 111 Å². The molecule has 1 saturated heterocycles. The van der Waals surface area contributed by atoms with Gasteiger partial charge in [-0.05, 0) is 51.3 Å². The van der Waals surface area contributed by atoms with Crippen LogP contribution in [0.15, 0.2) is 30.3 Å². The summed E-state index contributed by atoms with van der Waals surface area (Å²) in [4.78, 5) is 35.6. The molecule has 0 unspecified atom stereocenters. The summed E-state index contributed by atoms with van der Waals surface area (Å²) in [6, 6.07) is 8.23. The first-order valence-corrected chi connectivity index (χ1v) is 12.7. The van der Waals surface area contributed by atoms with E-state index in [0.717, 1.165) is 11.2 Å². The van der Waals surface area contributed by atoms with Gasteiger partial charge in [0.15, 0.2) is 5.13 Å². The number of morpholine rings is 1. The quantitative estimate of drug-likeness (QED) is 0.265. The molecule has 206 valence electrons. The summed E-state index contributed by atoms with van der Waals surface area (Å²) in [5.41, 5.74) is 1.21. The molecule has 1 aliphatic rings. The van der Waals surface area contributed by atoms with Gasteiger partial charge < -0.3 is 24.0 Å². The van der Waals surface area contributed by atoms with Crippen LogP contribution in [0.5, 0.6) is 11.5 Å². The van der Waals surface area contributed by atoms with E-state index in [-0.39, 0.29) is 29.6 Å². The Kier molecular flexibility index (Phi) is 10.1. The molecule has 0 aliphatic carbocycles. The number of ether oxygens (including phenoxy) is 3. The molecule has 38 heavy (non-hydrogen) atoms. The van der Waals surface area contributed by atoms with Gasteiger partial charge in [0.1, 0.15) is 27.4 Å². The summed E-state index contributed by atoms with van der Waals surface area (Å²) in [6.07, 6.45) is 0.691. The second kappa shape index (κ2) is 13.1. The molecule has 0 bridgehead atoms. The number of nitro groups is 1. The predicted molar refractivity (Wildman–Crippen MR) is 151 cm³/mol. The number of benzene rings is 2. The van der Waals surface area contributed by atoms with E-state index in [4.69, 9.17) is 19.2 Å². The van der Waals surface area contributed by atoms with Crippen molar-refractivity contribution in [3.63, 3.8) is 0 Å². The highest BCUT2D eigenvalue weighted by molar-refractivity contribution is 7.22. The third-order valence-corrected chi connectivity index (χ3v) is 7.23. The van der Waals surface area contributed by atoms with Crippen LogP contribution < -0.4 is 19.3 Å². The number of amides is 1. The first kappa shape index (κ1) is 29.4. The normalized spacial score (nSPS) is 13.3. The van der Waals surface area contributed by atoms with Crippen molar-refractivity contribution in [2.75, 3.05) is 77.5 Å². The van der Waals surface area contributed by atoms with Crippen molar-refractivity contribution in [3.05, 3.63) is 46.0 Å². The fourth-order valence-corrected chi connectivity index (χ4v) is 5.35. The van der Waals surface area contributed by atoms with Crippen molar-refractivity contribution in [2.45, 2.75) is 6.42 Å². The highest BCUT2D eigenvalue weighted by atomic mass is 35.5. The maximum absolute atomic E-state index is 13.8. The van der Waals surface area contributed by atoms with E-state index in [0.29, 0.717) is 67.1 Å². The Morgan fingerprint density at radius 3 is 2.45 bits per heavy atom. The van der Waals surface area contributed by atoms with Gasteiger partial charge in [-0.3, -0.25) is 19.8 Å². The van der Waals surface area contributed by atoms with Crippen LogP contribution in [0.1, 0.15) is 16.8 Å². The summed E-state index contributed by atoms with van der Waals surface area (Å²) in [5.74, 6) is 0.850. The monoisotopic (exact) mass is 565 g/mol. The Balaban J connectivity index is 0.00000400. The molecule has 0 N–H and O–H groups in total. The van der Waals surface area contributed by atoms with Crippen LogP contribution in [0.4, 0.5) is 16.5 Å². The standard InChI is InChI=1S/C25H31N5O6S.ClH/c1-27(2)10-5-11-29(25-26-22-20(34-3)8-9-21(35-4)23(22)37-25)24(31)17-6-7-18(19(16-17)30(32)33)28-12-14-36-15-13-28;/h6-9,16H,5,10-15H2,1-4H3;1H. The molecule has 1 fully saturated rings. The summed E-state index contributed by atoms with van der Waals surface area (Å²) < 4.78 is 17.1. The number of halogens is 1. The van der Waals surface area contributed by atoms with E-state index >= 15 is 0 Å². The molecule has 0 saturated carbocycles. The van der Waals surface area contributed by atoms with Crippen LogP contribution in [0.3, 0.4) is 0 Å². The minimum Gasteiger partial charge on any atom is -0.495 e. The highest BCUT2D eigenvalue weighted by Gasteiger charge is 2.27. The number of hydrogen-bond donors (Lipinski definition) is 0. The van der Waals surface area contributed by atoms with Crippen molar-refractivity contribution in [1.29, 1.82) is 0 Å². The van der Waals surface area contributed by atoms with Gasteiger partial charge in [0.2, 0.25) is 0 Å². The lowest BCUT2D eigenvalue weighted by Crippen LogP contribution is -2.37. The number of anilines is 2. The average molecular weight is 566 g/mol. The summed E-state index contributed by atoms with van der Waals surface area (Å²) in [5, 5.41) is 12.4. The summed E-state index contributed by atoms with van der Waals surface area (Å²) in [6.45, 7) is 3.27. The highest BCUT2D eigenvalue weighted by Crippen LogP contribution is 2.40. The Hall–Kier alpha value is -3.19. The molecule has 2 aromatic carbocycles. The zero-order valence-corrected chi connectivity index (χ0v) is 23.5. The maximum Gasteiger partial charge on any atom is 0.293 e. The van der Waals surface area contributed by atoms with Crippen molar-refractivity contribution >= 4 is 56.4 Å². The minimum absolute atomic E-state index is 0. The van der Waals surface area contributed by atoms with Gasteiger partial charge in [-0.15, -0.1) is 12.4 Å². The van der Waals surface area contributed by atoms with E-state index < -0.39 is 4.92 Å². The first-order valence-electron chi connectivity index (χ1n) is 11.9. The van der Waals surface area contributed by atoms with Crippen molar-refractivity contribution in [1.82, 2.24) is 9.88 Å². The van der Waals surface area contributed by atoms with Gasteiger partial charge in [0, 0.05) is 31.3 Å². The zero-order valence-electron chi connectivity index (χ0n) is 21.8. The van der Waals surface area contributed by atoms with E-state index in [1.165, 1.54) is 17.4 Å². The lowest BCUT2D eigenvalue weighted by molar-refractivity contribution is -0.384. The number of nitrogens with zero attached hydrogens (tertiary/aromatic N) is 5. The maximum atomic E-state index is 13.8. The number of thiazole rings is 1. The molecule has 0 atom stereocenters. The number of fused-ring (bicyclic) bond motifs is 1. The number of carbonyl (C=O) groups is 1. The van der Waals surface area contributed by atoms with Gasteiger partial charge in [0.25, 0.3) is 11.6 Å². The third-order valence-electron chi connectivity index (χ3n) is 6.13. The lowest BCUT2D eigenvalue weighted by atomic mass is 10.1. The molecule has 11 nitrogen and oxygen atoms in total. The largest absolute Gasteiger partial charge is 0.495 e. The summed E-state index contributed by atoms with van der Waals surface area (Å²) in [7, 11) is 7.08. The number of carbonyl (C=O) groups excluding carboxylic acids is 1. The fraction of sp³-hybridized carbons (Fsp3) is 0.440. The van der Waals surface area contributed by atoms with Crippen LogP contribution >= 0.6 is 23.7 Å². The van der Waals surface area contributed by atoms with E-state index in [9.17, 15) is 14.9 Å². The minimum atomic E-state index is -0.439. The smallest absolute Gasteiger partial charge is 0.293 e. The van der Waals surface area contributed by atoms with E-state index in [2.05, 4.69) is 0 Å². The van der Waals surface area contributed by atoms with Gasteiger partial charge in [-0.2, -0.15) is 0 Å². The van der Waals surface area contributed by atoms with Crippen LogP contribution in [0.2, 0.25) is 0 Å². The third kappa shape index (κ3) is 6.26. The van der Waals surface area contributed by atoms with Crippen LogP contribution in [-0.4, -0.2) is 88.4 Å². The number of aromatic nitrogens is 1. The molecule has 4 rings (SSSR count). The molecule has 1 aliphatic heterocycles. The second-order valence-electron chi connectivity index (χ2n) is 8.82. The van der Waals surface area contributed by atoms with Gasteiger partial charge in [0.05, 0.1) is 32.4 Å². The summed E-state index contributed by atoms with van der Waals surface area (Å²) >= 11 is 1.32. The number of methoxy groups -OCH3 is 2. The first-order chi connectivity index (χ1) is 17.8. The van der Waals surface area contributed by atoms with E-state index in [1.807, 2.05) is 23.9 Å². The Labute approximate surface area is 231 Å². The fourth-order valence-electron chi connectivity index (χ4n) is 4.25. The van der Waals surface area contributed by atoms with Crippen molar-refractivity contribution in [2.24, 2.45) is 0 Å². The Bertz CT molecular complexity index is 1240.